The van der Waals surface area contributed by atoms with Crippen LogP contribution in [0.3, 0.4) is 0 Å². The molecule has 0 fully saturated rings. The van der Waals surface area contributed by atoms with Gasteiger partial charge in [-0.15, -0.1) is 0 Å². The van der Waals surface area contributed by atoms with Crippen molar-refractivity contribution in [1.29, 1.82) is 0 Å². The van der Waals surface area contributed by atoms with Gasteiger partial charge in [-0.05, 0) is 43.1 Å². The minimum atomic E-state index is -1.88. The highest BCUT2D eigenvalue weighted by Gasteiger charge is 2.27. The first-order chi connectivity index (χ1) is 9.09. The van der Waals surface area contributed by atoms with Crippen LogP contribution in [0.4, 0.5) is 4.39 Å². The molecule has 0 aliphatic rings. The van der Waals surface area contributed by atoms with Crippen molar-refractivity contribution in [2.75, 3.05) is 14.2 Å². The molecule has 1 aromatic carbocycles. The van der Waals surface area contributed by atoms with Gasteiger partial charge in [0.1, 0.15) is 5.82 Å². The van der Waals surface area contributed by atoms with Crippen LogP contribution in [0.25, 0.3) is 0 Å². The molecule has 0 spiro atoms. The van der Waals surface area contributed by atoms with Crippen LogP contribution in [-0.4, -0.2) is 22.8 Å². The molecule has 0 aromatic heterocycles. The molecule has 0 saturated heterocycles. The van der Waals surface area contributed by atoms with Crippen LogP contribution < -0.4 is 0 Å². The number of rotatable bonds is 9. The van der Waals surface area contributed by atoms with Crippen LogP contribution in [0.1, 0.15) is 31.2 Å². The van der Waals surface area contributed by atoms with Crippen LogP contribution in [0.5, 0.6) is 0 Å². The van der Waals surface area contributed by atoms with Crippen molar-refractivity contribution in [3.05, 3.63) is 35.6 Å². The van der Waals surface area contributed by atoms with E-state index in [4.69, 9.17) is 8.85 Å². The van der Waals surface area contributed by atoms with E-state index in [2.05, 4.69) is 6.55 Å². The molecule has 2 nitrogen and oxygen atoms in total. The Balaban J connectivity index is 2.12. The first kappa shape index (κ1) is 16.3. The molecule has 108 valence electrons. The van der Waals surface area contributed by atoms with Crippen LogP contribution in [0.15, 0.2) is 24.3 Å². The Labute approximate surface area is 117 Å². The fourth-order valence-corrected chi connectivity index (χ4v) is 3.58. The summed E-state index contributed by atoms with van der Waals surface area (Å²) >= 11 is 0. The third kappa shape index (κ3) is 6.32. The van der Waals surface area contributed by atoms with Gasteiger partial charge in [0.05, 0.1) is 0 Å². The van der Waals surface area contributed by atoms with Gasteiger partial charge < -0.3 is 8.85 Å². The lowest BCUT2D eigenvalue weighted by atomic mass is 10.1. The summed E-state index contributed by atoms with van der Waals surface area (Å²) in [4.78, 5) is 0. The van der Waals surface area contributed by atoms with Crippen LogP contribution in [0, 0.1) is 5.82 Å². The Morgan fingerprint density at radius 1 is 1.05 bits per heavy atom. The number of hydrogen-bond donors (Lipinski definition) is 0. The zero-order chi connectivity index (χ0) is 14.1. The summed E-state index contributed by atoms with van der Waals surface area (Å²) in [7, 11) is 1.59. The second kappa shape index (κ2) is 8.46. The molecule has 19 heavy (non-hydrogen) atoms. The molecule has 0 saturated carbocycles. The Morgan fingerprint density at radius 2 is 1.74 bits per heavy atom. The predicted octanol–water partition coefficient (Wildman–Crippen LogP) is 4.29. The average Bonchev–Trinajstić information content (AvgIpc) is 2.42. The van der Waals surface area contributed by atoms with Gasteiger partial charge in [-0.25, -0.2) is 4.39 Å². The molecular weight excluding hydrogens is 259 g/mol. The van der Waals surface area contributed by atoms with E-state index < -0.39 is 8.56 Å². The largest absolute Gasteiger partial charge is 0.398 e. The van der Waals surface area contributed by atoms with E-state index in [1.165, 1.54) is 18.9 Å². The van der Waals surface area contributed by atoms with Crippen LogP contribution in [0.2, 0.25) is 12.6 Å². The molecule has 0 amide bonds. The topological polar surface area (TPSA) is 18.5 Å². The van der Waals surface area contributed by atoms with E-state index in [1.54, 1.807) is 26.4 Å². The number of unbranched alkanes of at least 4 members (excludes halogenated alkanes) is 3. The summed E-state index contributed by atoms with van der Waals surface area (Å²) in [5.41, 5.74) is 1.09. The molecular formula is C15H25FO2Si. The zero-order valence-corrected chi connectivity index (χ0v) is 13.2. The van der Waals surface area contributed by atoms with E-state index in [9.17, 15) is 4.39 Å². The quantitative estimate of drug-likeness (QED) is 0.497. The maximum absolute atomic E-state index is 13.0. The molecule has 0 aliphatic carbocycles. The average molecular weight is 284 g/mol. The summed E-state index contributed by atoms with van der Waals surface area (Å²) in [6.45, 7) is 2.10. The summed E-state index contributed by atoms with van der Waals surface area (Å²) < 4.78 is 23.9. The van der Waals surface area contributed by atoms with Crippen molar-refractivity contribution in [1.82, 2.24) is 0 Å². The third-order valence-electron chi connectivity index (χ3n) is 3.60. The van der Waals surface area contributed by atoms with Crippen molar-refractivity contribution in [3.63, 3.8) is 0 Å². The van der Waals surface area contributed by atoms with Crippen molar-refractivity contribution in [3.8, 4) is 0 Å². The molecule has 0 radical (unpaired) electrons. The highest BCUT2D eigenvalue weighted by atomic mass is 28.4. The van der Waals surface area contributed by atoms with Crippen molar-refractivity contribution in [2.45, 2.75) is 44.7 Å². The monoisotopic (exact) mass is 284 g/mol. The van der Waals surface area contributed by atoms with E-state index in [-0.39, 0.29) is 5.82 Å². The molecule has 0 aliphatic heterocycles. The van der Waals surface area contributed by atoms with E-state index in [1.807, 2.05) is 6.07 Å². The van der Waals surface area contributed by atoms with E-state index >= 15 is 0 Å². The smallest absolute Gasteiger partial charge is 0.334 e. The minimum Gasteiger partial charge on any atom is -0.398 e. The molecule has 4 heteroatoms. The van der Waals surface area contributed by atoms with Gasteiger partial charge >= 0.3 is 8.56 Å². The van der Waals surface area contributed by atoms with Crippen LogP contribution in [-0.2, 0) is 15.3 Å². The van der Waals surface area contributed by atoms with Gasteiger partial charge in [0.25, 0.3) is 0 Å². The lowest BCUT2D eigenvalue weighted by Gasteiger charge is -2.22. The number of benzene rings is 1. The zero-order valence-electron chi connectivity index (χ0n) is 12.2. The Kier molecular flexibility index (Phi) is 7.27. The predicted molar refractivity (Wildman–Crippen MR) is 79.0 cm³/mol. The minimum absolute atomic E-state index is 0.139. The SMILES string of the molecule is CO[Si](C)(CCCCCCc1cccc(F)c1)OC. The highest BCUT2D eigenvalue weighted by Crippen LogP contribution is 2.17. The van der Waals surface area contributed by atoms with Gasteiger partial charge in [0.15, 0.2) is 0 Å². The number of aryl methyl sites for hydroxylation is 1. The maximum Gasteiger partial charge on any atom is 0.334 e. The van der Waals surface area contributed by atoms with Gasteiger partial charge in [-0.1, -0.05) is 31.4 Å². The maximum atomic E-state index is 13.0. The van der Waals surface area contributed by atoms with Crippen LogP contribution >= 0.6 is 0 Å². The first-order valence-corrected chi connectivity index (χ1v) is 9.47. The molecule has 0 atom stereocenters. The summed E-state index contributed by atoms with van der Waals surface area (Å²) in [6.07, 6.45) is 5.58. The fourth-order valence-electron chi connectivity index (χ4n) is 2.11. The first-order valence-electron chi connectivity index (χ1n) is 6.94. The van der Waals surface area contributed by atoms with Gasteiger partial charge in [0, 0.05) is 14.2 Å². The van der Waals surface area contributed by atoms with Gasteiger partial charge in [0.2, 0.25) is 0 Å². The fraction of sp³-hybridized carbons (Fsp3) is 0.600. The van der Waals surface area contributed by atoms with E-state index in [0.29, 0.717) is 0 Å². The van der Waals surface area contributed by atoms with Crippen molar-refractivity contribution >= 4 is 8.56 Å². The standard InChI is InChI=1S/C15H25FO2Si/c1-17-19(3,18-2)12-7-5-4-6-9-14-10-8-11-15(16)13-14/h8,10-11,13H,4-7,9,12H2,1-3H3. The highest BCUT2D eigenvalue weighted by molar-refractivity contribution is 6.65. The molecule has 1 rings (SSSR count). The van der Waals surface area contributed by atoms with Crippen molar-refractivity contribution in [2.24, 2.45) is 0 Å². The Hall–Kier alpha value is -0.713. The van der Waals surface area contributed by atoms with Gasteiger partial charge in [-0.3, -0.25) is 0 Å². The lowest BCUT2D eigenvalue weighted by molar-refractivity contribution is 0.248. The van der Waals surface area contributed by atoms with Crippen molar-refractivity contribution < 1.29 is 13.2 Å². The Morgan fingerprint density at radius 3 is 2.37 bits per heavy atom. The molecule has 0 heterocycles. The molecule has 0 N–H and O–H groups in total. The molecule has 0 bridgehead atoms. The number of hydrogen-bond acceptors (Lipinski definition) is 2. The summed E-state index contributed by atoms with van der Waals surface area (Å²) in [5, 5.41) is 0. The summed E-state index contributed by atoms with van der Waals surface area (Å²) in [5.74, 6) is -0.139. The lowest BCUT2D eigenvalue weighted by Crippen LogP contribution is -2.35. The molecule has 0 unspecified atom stereocenters. The third-order valence-corrected chi connectivity index (χ3v) is 6.59. The number of halogens is 1. The second-order valence-electron chi connectivity index (χ2n) is 5.09. The van der Waals surface area contributed by atoms with Gasteiger partial charge in [-0.2, -0.15) is 0 Å². The normalized spacial score (nSPS) is 11.8. The second-order valence-corrected chi connectivity index (χ2v) is 8.67. The molecule has 1 aromatic rings. The summed E-state index contributed by atoms with van der Waals surface area (Å²) in [6, 6.07) is 7.92. The Bertz CT molecular complexity index is 367. The van der Waals surface area contributed by atoms with E-state index in [0.717, 1.165) is 30.9 Å².